The molecule has 0 radical (unpaired) electrons. The van der Waals surface area contributed by atoms with E-state index in [4.69, 9.17) is 23.7 Å². The molecule has 7 heterocycles. The van der Waals surface area contributed by atoms with Crippen LogP contribution in [-0.2, 0) is 22.4 Å². The van der Waals surface area contributed by atoms with Crippen molar-refractivity contribution in [3.63, 3.8) is 0 Å². The molecule has 336 valence electrons. The number of nitriles is 1. The quantitative estimate of drug-likeness (QED) is 0.0366. The van der Waals surface area contributed by atoms with Crippen LogP contribution in [0.2, 0.25) is 0 Å². The zero-order valence-electron chi connectivity index (χ0n) is 37.1. The number of benzene rings is 3. The van der Waals surface area contributed by atoms with Gasteiger partial charge in [0.05, 0.1) is 30.5 Å². The van der Waals surface area contributed by atoms with Gasteiger partial charge in [-0.2, -0.15) is 5.26 Å². The standard InChI is InChI=1S/C54H50N2O6S4/c1-3-5-7-9-15-35-29-44(64-50(35)34-21-23-37(24-22-34)56-41-19-13-11-17-39(41)40-18-12-14-20-42(40)56)51-36(16-10-8-6-4-2)30-45(65-51)52-48-49(61-28-27-60-48)54(66-52)53-47-46(58-25-26-59-47)43(63-53)31-38(32-55)62-33-57/h11-14,17-24,29-31,33H,3-10,15-16,25-28H2,1-2H3/b38-31-. The fraction of sp³-hybridized carbons (Fsp3) is 0.296. The van der Waals surface area contributed by atoms with Crippen molar-refractivity contribution in [2.24, 2.45) is 0 Å². The Kier molecular flexibility index (Phi) is 13.3. The number of nitrogens with zero attached hydrogens (tertiary/aromatic N) is 2. The summed E-state index contributed by atoms with van der Waals surface area (Å²) < 4.78 is 32.6. The lowest BCUT2D eigenvalue weighted by molar-refractivity contribution is -0.124. The van der Waals surface area contributed by atoms with Crippen molar-refractivity contribution in [3.05, 3.63) is 107 Å². The summed E-state index contributed by atoms with van der Waals surface area (Å²) in [6, 6.07) is 33.4. The van der Waals surface area contributed by atoms with E-state index < -0.39 is 0 Å². The number of carbonyl (C=O) groups is 1. The SMILES string of the molecule is CCCCCCc1cc(-c2sc(-c3sc(-c4sc(/C=C(/C#N)OC=O)c5c4OCCO5)c4c3OCCO4)cc2CCCCCC)sc1-c1ccc(-n2c3ccccc3c3ccccc32)cc1. The third kappa shape index (κ3) is 8.54. The molecule has 5 aromatic heterocycles. The van der Waals surface area contributed by atoms with Crippen molar-refractivity contribution >= 4 is 79.7 Å². The maximum Gasteiger partial charge on any atom is 0.299 e. The average Bonchev–Trinajstić information content (AvgIpc) is 4.20. The van der Waals surface area contributed by atoms with Crippen molar-refractivity contribution in [2.75, 3.05) is 26.4 Å². The number of rotatable bonds is 18. The molecule has 0 unspecified atom stereocenters. The summed E-state index contributed by atoms with van der Waals surface area (Å²) in [5, 5.41) is 12.2. The van der Waals surface area contributed by atoms with Crippen molar-refractivity contribution in [1.29, 1.82) is 5.26 Å². The molecule has 0 saturated carbocycles. The van der Waals surface area contributed by atoms with E-state index in [9.17, 15) is 10.1 Å². The topological polar surface area (TPSA) is 91.9 Å². The van der Waals surface area contributed by atoms with Crippen LogP contribution in [0.5, 0.6) is 23.0 Å². The summed E-state index contributed by atoms with van der Waals surface area (Å²) in [7, 11) is 0. The van der Waals surface area contributed by atoms with Gasteiger partial charge in [-0.15, -0.1) is 45.3 Å². The number of carbonyl (C=O) groups excluding carboxylic acids is 1. The second-order valence-electron chi connectivity index (χ2n) is 16.6. The summed E-state index contributed by atoms with van der Waals surface area (Å²) in [6.07, 6.45) is 13.2. The van der Waals surface area contributed by atoms with Crippen LogP contribution in [0.4, 0.5) is 0 Å². The van der Waals surface area contributed by atoms with Crippen LogP contribution < -0.4 is 18.9 Å². The molecule has 8 aromatic rings. The molecule has 0 fully saturated rings. The summed E-state index contributed by atoms with van der Waals surface area (Å²) in [5.74, 6) is 2.43. The zero-order chi connectivity index (χ0) is 45.0. The Balaban J connectivity index is 1.06. The minimum atomic E-state index is -0.127. The molecule has 3 aromatic carbocycles. The summed E-state index contributed by atoms with van der Waals surface area (Å²) >= 11 is 6.83. The van der Waals surface area contributed by atoms with Gasteiger partial charge < -0.3 is 28.3 Å². The Labute approximate surface area is 401 Å². The highest BCUT2D eigenvalue weighted by molar-refractivity contribution is 7.29. The Morgan fingerprint density at radius 1 is 0.621 bits per heavy atom. The van der Waals surface area contributed by atoms with E-state index in [1.165, 1.54) is 109 Å². The van der Waals surface area contributed by atoms with E-state index in [-0.39, 0.29) is 12.2 Å². The predicted molar refractivity (Wildman–Crippen MR) is 272 cm³/mol. The Morgan fingerprint density at radius 3 is 1.76 bits per heavy atom. The molecule has 2 aliphatic rings. The Hall–Kier alpha value is -5.84. The number of aromatic nitrogens is 1. The molecule has 0 atom stereocenters. The van der Waals surface area contributed by atoms with Crippen LogP contribution in [0.15, 0.2) is 90.7 Å². The molecule has 12 heteroatoms. The predicted octanol–water partition coefficient (Wildman–Crippen LogP) is 15.5. The number of aryl methyl sites for hydroxylation is 2. The third-order valence-electron chi connectivity index (χ3n) is 12.2. The van der Waals surface area contributed by atoms with Gasteiger partial charge in [0.1, 0.15) is 32.5 Å². The van der Waals surface area contributed by atoms with Gasteiger partial charge in [-0.25, -0.2) is 0 Å². The lowest BCUT2D eigenvalue weighted by Gasteiger charge is -2.18. The molecule has 0 amide bonds. The molecule has 2 aliphatic heterocycles. The van der Waals surface area contributed by atoms with Gasteiger partial charge >= 0.3 is 0 Å². The van der Waals surface area contributed by atoms with Crippen molar-refractivity contribution in [2.45, 2.75) is 78.1 Å². The van der Waals surface area contributed by atoms with Crippen LogP contribution in [0.1, 0.15) is 81.2 Å². The van der Waals surface area contributed by atoms with E-state index in [1.54, 1.807) is 11.3 Å². The van der Waals surface area contributed by atoms with Crippen LogP contribution in [-0.4, -0.2) is 37.5 Å². The second-order valence-corrected chi connectivity index (χ2v) is 20.7. The summed E-state index contributed by atoms with van der Waals surface area (Å²) in [6.45, 7) is 6.43. The molecule has 0 bridgehead atoms. The first kappa shape index (κ1) is 44.0. The number of para-hydroxylation sites is 2. The first-order valence-electron chi connectivity index (χ1n) is 23.0. The van der Waals surface area contributed by atoms with Gasteiger partial charge in [0, 0.05) is 42.0 Å². The number of hydrogen-bond acceptors (Lipinski definition) is 11. The van der Waals surface area contributed by atoms with E-state index in [0.717, 1.165) is 56.6 Å². The number of hydrogen-bond donors (Lipinski definition) is 0. The van der Waals surface area contributed by atoms with Crippen LogP contribution in [0.3, 0.4) is 0 Å². The smallest absolute Gasteiger partial charge is 0.299 e. The van der Waals surface area contributed by atoms with Crippen molar-refractivity contribution in [3.8, 4) is 74.5 Å². The van der Waals surface area contributed by atoms with E-state index in [0.29, 0.717) is 48.6 Å². The molecular formula is C54H50N2O6S4. The molecule has 8 nitrogen and oxygen atoms in total. The first-order valence-corrected chi connectivity index (χ1v) is 26.3. The monoisotopic (exact) mass is 950 g/mol. The molecule has 66 heavy (non-hydrogen) atoms. The number of thiophene rings is 4. The average molecular weight is 951 g/mol. The van der Waals surface area contributed by atoms with Crippen LogP contribution >= 0.6 is 45.3 Å². The molecule has 0 saturated heterocycles. The van der Waals surface area contributed by atoms with E-state index in [1.807, 2.05) is 28.7 Å². The largest absolute Gasteiger partial charge is 0.485 e. The number of ether oxygens (including phenoxy) is 5. The van der Waals surface area contributed by atoms with Gasteiger partial charge in [0.2, 0.25) is 5.76 Å². The summed E-state index contributed by atoms with van der Waals surface area (Å²) in [4.78, 5) is 19.7. The highest BCUT2D eigenvalue weighted by Crippen LogP contribution is 2.61. The first-order chi connectivity index (χ1) is 32.6. The van der Waals surface area contributed by atoms with Gasteiger partial charge in [0.15, 0.2) is 23.0 Å². The number of fused-ring (bicyclic) bond motifs is 5. The van der Waals surface area contributed by atoms with E-state index >= 15 is 0 Å². The highest BCUT2D eigenvalue weighted by atomic mass is 32.1. The van der Waals surface area contributed by atoms with E-state index in [2.05, 4.69) is 103 Å². The fourth-order valence-corrected chi connectivity index (χ4v) is 14.2. The lowest BCUT2D eigenvalue weighted by Crippen LogP contribution is -2.15. The Morgan fingerprint density at radius 2 is 1.15 bits per heavy atom. The van der Waals surface area contributed by atoms with Crippen molar-refractivity contribution < 1.29 is 28.5 Å². The number of unbranched alkanes of at least 4 members (excludes halogenated alkanes) is 6. The lowest BCUT2D eigenvalue weighted by atomic mass is 10.0. The Bertz CT molecular complexity index is 3050. The minimum absolute atomic E-state index is 0.127. The molecule has 0 N–H and O–H groups in total. The number of allylic oxidation sites excluding steroid dienone is 1. The molecule has 10 rings (SSSR count). The van der Waals surface area contributed by atoms with Gasteiger partial charge in [-0.3, -0.25) is 4.79 Å². The third-order valence-corrected chi connectivity index (χ3v) is 17.4. The van der Waals surface area contributed by atoms with Crippen LogP contribution in [0.25, 0.3) is 73.3 Å². The van der Waals surface area contributed by atoms with Crippen molar-refractivity contribution in [1.82, 2.24) is 4.57 Å². The normalized spacial score (nSPS) is 13.4. The maximum absolute atomic E-state index is 11.1. The molecular weight excluding hydrogens is 901 g/mol. The minimum Gasteiger partial charge on any atom is -0.485 e. The molecule has 0 spiro atoms. The van der Waals surface area contributed by atoms with Gasteiger partial charge in [0.25, 0.3) is 6.47 Å². The maximum atomic E-state index is 11.1. The van der Waals surface area contributed by atoms with Crippen LogP contribution in [0, 0.1) is 11.3 Å². The fourth-order valence-electron chi connectivity index (χ4n) is 9.10. The van der Waals surface area contributed by atoms with Gasteiger partial charge in [-0.05, 0) is 78.8 Å². The summed E-state index contributed by atoms with van der Waals surface area (Å²) in [5.41, 5.74) is 7.63. The highest BCUT2D eigenvalue weighted by Gasteiger charge is 2.34. The zero-order valence-corrected chi connectivity index (χ0v) is 40.4. The molecule has 0 aliphatic carbocycles. The van der Waals surface area contributed by atoms with Gasteiger partial charge in [-0.1, -0.05) is 101 Å². The second kappa shape index (κ2) is 19.9.